The second-order valence-corrected chi connectivity index (χ2v) is 7.46. The first-order valence-electron chi connectivity index (χ1n) is 9.38. The van der Waals surface area contributed by atoms with E-state index in [-0.39, 0.29) is 11.4 Å². The molecule has 26 heavy (non-hydrogen) atoms. The van der Waals surface area contributed by atoms with Crippen molar-refractivity contribution in [2.75, 3.05) is 31.6 Å². The van der Waals surface area contributed by atoms with Gasteiger partial charge in [-0.05, 0) is 31.1 Å². The summed E-state index contributed by atoms with van der Waals surface area (Å²) in [5.74, 6) is 0. The van der Waals surface area contributed by atoms with E-state index in [4.69, 9.17) is 4.74 Å². The Bertz CT molecular complexity index is 760. The van der Waals surface area contributed by atoms with Gasteiger partial charge in [-0.3, -0.25) is 4.68 Å². The van der Waals surface area contributed by atoms with Gasteiger partial charge in [-0.1, -0.05) is 30.3 Å². The molecule has 2 aliphatic rings. The number of anilines is 1. The molecule has 2 amide bonds. The molecule has 3 heterocycles. The number of rotatable bonds is 2. The van der Waals surface area contributed by atoms with Crippen LogP contribution in [0.4, 0.5) is 10.5 Å². The number of carbonyl (C=O) groups excluding carboxylic acids is 1. The van der Waals surface area contributed by atoms with E-state index in [1.807, 2.05) is 42.3 Å². The number of urea groups is 1. The van der Waals surface area contributed by atoms with Gasteiger partial charge in [0, 0.05) is 38.9 Å². The first-order chi connectivity index (χ1) is 12.7. The van der Waals surface area contributed by atoms with Crippen LogP contribution in [-0.4, -0.2) is 47.0 Å². The summed E-state index contributed by atoms with van der Waals surface area (Å²) in [5.41, 5.74) is 2.97. The van der Waals surface area contributed by atoms with Crippen LogP contribution >= 0.6 is 0 Å². The number of aromatic nitrogens is 2. The Balaban J connectivity index is 1.50. The van der Waals surface area contributed by atoms with Crippen LogP contribution in [0.2, 0.25) is 0 Å². The molecular weight excluding hydrogens is 328 g/mol. The van der Waals surface area contributed by atoms with Crippen molar-refractivity contribution < 1.29 is 9.53 Å². The number of nitrogens with one attached hydrogen (secondary N) is 1. The van der Waals surface area contributed by atoms with E-state index in [2.05, 4.69) is 10.4 Å². The SMILES string of the molecule is Cn1ncc(NC(=O)N2CCCC3(CCOCC3)C2)c1-c1ccccc1. The van der Waals surface area contributed by atoms with Gasteiger partial charge in [0.2, 0.25) is 0 Å². The first kappa shape index (κ1) is 17.1. The number of benzene rings is 1. The molecule has 0 atom stereocenters. The second kappa shape index (κ2) is 7.11. The molecule has 6 heteroatoms. The Morgan fingerprint density at radius 1 is 1.19 bits per heavy atom. The molecule has 138 valence electrons. The molecule has 0 radical (unpaired) electrons. The van der Waals surface area contributed by atoms with Crippen molar-refractivity contribution in [3.05, 3.63) is 36.5 Å². The average molecular weight is 354 g/mol. The Morgan fingerprint density at radius 3 is 2.73 bits per heavy atom. The highest BCUT2D eigenvalue weighted by Crippen LogP contribution is 2.39. The molecule has 1 N–H and O–H groups in total. The van der Waals surface area contributed by atoms with Crippen molar-refractivity contribution in [2.24, 2.45) is 12.5 Å². The predicted octanol–water partition coefficient (Wildman–Crippen LogP) is 3.51. The number of amides is 2. The summed E-state index contributed by atoms with van der Waals surface area (Å²) >= 11 is 0. The highest BCUT2D eigenvalue weighted by Gasteiger charge is 2.38. The summed E-state index contributed by atoms with van der Waals surface area (Å²) < 4.78 is 7.33. The fraction of sp³-hybridized carbons (Fsp3) is 0.500. The van der Waals surface area contributed by atoms with Crippen molar-refractivity contribution in [3.63, 3.8) is 0 Å². The fourth-order valence-electron chi connectivity index (χ4n) is 4.26. The van der Waals surface area contributed by atoms with Crippen molar-refractivity contribution in [2.45, 2.75) is 25.7 Å². The third-order valence-electron chi connectivity index (χ3n) is 5.73. The highest BCUT2D eigenvalue weighted by molar-refractivity contribution is 5.93. The molecule has 4 rings (SSSR count). The van der Waals surface area contributed by atoms with Gasteiger partial charge in [0.15, 0.2) is 0 Å². The number of hydrogen-bond acceptors (Lipinski definition) is 3. The van der Waals surface area contributed by atoms with E-state index < -0.39 is 0 Å². The van der Waals surface area contributed by atoms with Gasteiger partial charge in [0.25, 0.3) is 0 Å². The molecule has 1 spiro atoms. The summed E-state index contributed by atoms with van der Waals surface area (Å²) in [5, 5.41) is 7.44. The number of piperidine rings is 1. The van der Waals surface area contributed by atoms with Gasteiger partial charge in [-0.2, -0.15) is 5.10 Å². The summed E-state index contributed by atoms with van der Waals surface area (Å²) in [6, 6.07) is 10.0. The molecular formula is C20H26N4O2. The third kappa shape index (κ3) is 3.33. The van der Waals surface area contributed by atoms with Crippen LogP contribution in [-0.2, 0) is 11.8 Å². The molecule has 2 saturated heterocycles. The maximum Gasteiger partial charge on any atom is 0.321 e. The molecule has 1 aromatic carbocycles. The van der Waals surface area contributed by atoms with Crippen molar-refractivity contribution in [1.82, 2.24) is 14.7 Å². The topological polar surface area (TPSA) is 59.4 Å². The van der Waals surface area contributed by atoms with E-state index in [1.165, 1.54) is 6.42 Å². The van der Waals surface area contributed by atoms with Gasteiger partial charge in [-0.25, -0.2) is 4.79 Å². The number of aryl methyl sites for hydroxylation is 1. The lowest BCUT2D eigenvalue weighted by Crippen LogP contribution is -2.49. The summed E-state index contributed by atoms with van der Waals surface area (Å²) in [6.07, 6.45) is 6.10. The number of nitrogens with zero attached hydrogens (tertiary/aromatic N) is 3. The van der Waals surface area contributed by atoms with Gasteiger partial charge in [-0.15, -0.1) is 0 Å². The number of carbonyl (C=O) groups is 1. The lowest BCUT2D eigenvalue weighted by atomic mass is 9.74. The Kier molecular flexibility index (Phi) is 4.68. The largest absolute Gasteiger partial charge is 0.381 e. The molecule has 0 bridgehead atoms. The second-order valence-electron chi connectivity index (χ2n) is 7.46. The van der Waals surface area contributed by atoms with E-state index in [0.717, 1.165) is 62.5 Å². The fourth-order valence-corrected chi connectivity index (χ4v) is 4.26. The minimum atomic E-state index is -0.0271. The van der Waals surface area contributed by atoms with Gasteiger partial charge in [0.05, 0.1) is 17.6 Å². The minimum absolute atomic E-state index is 0.0271. The Hall–Kier alpha value is -2.34. The van der Waals surface area contributed by atoms with Crippen LogP contribution in [0.15, 0.2) is 36.5 Å². The average Bonchev–Trinajstić information content (AvgIpc) is 3.03. The van der Waals surface area contributed by atoms with E-state index in [9.17, 15) is 4.79 Å². The summed E-state index contributed by atoms with van der Waals surface area (Å²) in [6.45, 7) is 3.27. The van der Waals surface area contributed by atoms with Crippen LogP contribution in [0.1, 0.15) is 25.7 Å². The van der Waals surface area contributed by atoms with Crippen LogP contribution in [0.3, 0.4) is 0 Å². The molecule has 1 aromatic heterocycles. The zero-order valence-corrected chi connectivity index (χ0v) is 15.3. The maximum atomic E-state index is 12.9. The van der Waals surface area contributed by atoms with Crippen LogP contribution < -0.4 is 5.32 Å². The van der Waals surface area contributed by atoms with Gasteiger partial charge in [0.1, 0.15) is 0 Å². The van der Waals surface area contributed by atoms with Crippen LogP contribution in [0.5, 0.6) is 0 Å². The van der Waals surface area contributed by atoms with Crippen LogP contribution in [0.25, 0.3) is 11.3 Å². The first-order valence-corrected chi connectivity index (χ1v) is 9.38. The molecule has 2 aliphatic heterocycles. The maximum absolute atomic E-state index is 12.9. The van der Waals surface area contributed by atoms with Crippen LogP contribution in [0, 0.1) is 5.41 Å². The third-order valence-corrected chi connectivity index (χ3v) is 5.73. The molecule has 2 aromatic rings. The number of ether oxygens (including phenoxy) is 1. The zero-order valence-electron chi connectivity index (χ0n) is 15.3. The molecule has 0 saturated carbocycles. The Morgan fingerprint density at radius 2 is 1.96 bits per heavy atom. The van der Waals surface area contributed by atoms with Crippen molar-refractivity contribution in [3.8, 4) is 11.3 Å². The van der Waals surface area contributed by atoms with E-state index >= 15 is 0 Å². The summed E-state index contributed by atoms with van der Waals surface area (Å²) in [7, 11) is 1.90. The van der Waals surface area contributed by atoms with Gasteiger partial charge < -0.3 is 15.0 Å². The zero-order chi connectivity index (χ0) is 18.0. The minimum Gasteiger partial charge on any atom is -0.381 e. The van der Waals surface area contributed by atoms with Crippen molar-refractivity contribution in [1.29, 1.82) is 0 Å². The Labute approximate surface area is 154 Å². The van der Waals surface area contributed by atoms with E-state index in [0.29, 0.717) is 0 Å². The molecule has 0 aliphatic carbocycles. The highest BCUT2D eigenvalue weighted by atomic mass is 16.5. The van der Waals surface area contributed by atoms with Gasteiger partial charge >= 0.3 is 6.03 Å². The molecule has 0 unspecified atom stereocenters. The normalized spacial score (nSPS) is 19.5. The summed E-state index contributed by atoms with van der Waals surface area (Å²) in [4.78, 5) is 14.9. The number of hydrogen-bond donors (Lipinski definition) is 1. The standard InChI is InChI=1S/C20H26N4O2/c1-23-18(16-6-3-2-4-7-16)17(14-21-23)22-19(25)24-11-5-8-20(15-24)9-12-26-13-10-20/h2-4,6-7,14H,5,8-13,15H2,1H3,(H,22,25). The number of likely N-dealkylation sites (tertiary alicyclic amines) is 1. The monoisotopic (exact) mass is 354 g/mol. The van der Waals surface area contributed by atoms with Crippen molar-refractivity contribution >= 4 is 11.7 Å². The lowest BCUT2D eigenvalue weighted by Gasteiger charge is -2.44. The quantitative estimate of drug-likeness (QED) is 0.898. The smallest absolute Gasteiger partial charge is 0.321 e. The predicted molar refractivity (Wildman–Crippen MR) is 101 cm³/mol. The molecule has 6 nitrogen and oxygen atoms in total. The molecule has 2 fully saturated rings. The lowest BCUT2D eigenvalue weighted by molar-refractivity contribution is -0.0175. The van der Waals surface area contributed by atoms with E-state index in [1.54, 1.807) is 10.9 Å².